The Morgan fingerprint density at radius 3 is 3.08 bits per heavy atom. The summed E-state index contributed by atoms with van der Waals surface area (Å²) in [5, 5.41) is 25.7. The van der Waals surface area contributed by atoms with E-state index in [2.05, 4.69) is 15.3 Å². The Labute approximate surface area is 155 Å². The summed E-state index contributed by atoms with van der Waals surface area (Å²) < 4.78 is 1.91. The molecule has 3 aromatic rings. The highest BCUT2D eigenvalue weighted by Gasteiger charge is 2.24. The van der Waals surface area contributed by atoms with Crippen LogP contribution >= 0.6 is 11.3 Å². The van der Waals surface area contributed by atoms with Crippen molar-refractivity contribution in [3.63, 3.8) is 0 Å². The highest BCUT2D eigenvalue weighted by atomic mass is 32.1. The first-order chi connectivity index (χ1) is 12.7. The Kier molecular flexibility index (Phi) is 4.60. The standard InChI is InChI=1S/C18H21N5O2S/c1-2-17(24)15-8-13-10-22(5-3-6-23(13)21-15)18(25)16-9-14(19-20-16)12-4-7-26-11-12/h4,7-9,11,17,24H,2-3,5-6,10H2,1H3,(H,19,20)/t17-/m0/s1. The lowest BCUT2D eigenvalue weighted by molar-refractivity contribution is 0.0739. The maximum absolute atomic E-state index is 12.9. The molecule has 0 saturated heterocycles. The number of carbonyl (C=O) groups is 1. The highest BCUT2D eigenvalue weighted by Crippen LogP contribution is 2.23. The molecule has 3 aromatic heterocycles. The van der Waals surface area contributed by atoms with Crippen LogP contribution in [0, 0.1) is 0 Å². The molecule has 8 heteroatoms. The molecule has 0 fully saturated rings. The third-order valence-corrected chi connectivity index (χ3v) is 5.36. The van der Waals surface area contributed by atoms with Crippen LogP contribution in [0.2, 0.25) is 0 Å². The summed E-state index contributed by atoms with van der Waals surface area (Å²) >= 11 is 1.60. The van der Waals surface area contributed by atoms with Gasteiger partial charge in [-0.2, -0.15) is 21.5 Å². The third kappa shape index (κ3) is 3.17. The Bertz CT molecular complexity index is 899. The fourth-order valence-electron chi connectivity index (χ4n) is 3.19. The van der Waals surface area contributed by atoms with Crippen molar-refractivity contribution in [1.29, 1.82) is 0 Å². The fourth-order valence-corrected chi connectivity index (χ4v) is 3.84. The van der Waals surface area contributed by atoms with Gasteiger partial charge >= 0.3 is 0 Å². The zero-order chi connectivity index (χ0) is 18.1. The van der Waals surface area contributed by atoms with Gasteiger partial charge in [0, 0.05) is 24.0 Å². The molecule has 0 aliphatic carbocycles. The minimum absolute atomic E-state index is 0.0637. The molecule has 7 nitrogen and oxygen atoms in total. The van der Waals surface area contributed by atoms with E-state index in [1.54, 1.807) is 17.4 Å². The van der Waals surface area contributed by atoms with Crippen LogP contribution in [0.15, 0.2) is 29.0 Å². The van der Waals surface area contributed by atoms with E-state index in [9.17, 15) is 9.90 Å². The molecule has 1 aliphatic heterocycles. The van der Waals surface area contributed by atoms with Gasteiger partial charge < -0.3 is 10.0 Å². The van der Waals surface area contributed by atoms with Crippen LogP contribution in [-0.2, 0) is 13.1 Å². The molecule has 0 radical (unpaired) electrons. The predicted molar refractivity (Wildman–Crippen MR) is 98.7 cm³/mol. The first kappa shape index (κ1) is 17.0. The number of carbonyl (C=O) groups excluding carboxylic acids is 1. The minimum Gasteiger partial charge on any atom is -0.387 e. The third-order valence-electron chi connectivity index (χ3n) is 4.67. The molecular weight excluding hydrogens is 350 g/mol. The lowest BCUT2D eigenvalue weighted by Gasteiger charge is -2.18. The second-order valence-electron chi connectivity index (χ2n) is 6.47. The quantitative estimate of drug-likeness (QED) is 0.738. The molecule has 0 spiro atoms. The number of aromatic amines is 1. The Morgan fingerprint density at radius 2 is 2.31 bits per heavy atom. The van der Waals surface area contributed by atoms with Gasteiger partial charge in [-0.1, -0.05) is 6.92 Å². The van der Waals surface area contributed by atoms with Crippen molar-refractivity contribution in [3.05, 3.63) is 46.0 Å². The fraction of sp³-hybridized carbons (Fsp3) is 0.389. The second kappa shape index (κ2) is 7.05. The lowest BCUT2D eigenvalue weighted by atomic mass is 10.2. The summed E-state index contributed by atoms with van der Waals surface area (Å²) in [6.07, 6.45) is 0.894. The van der Waals surface area contributed by atoms with E-state index in [1.807, 2.05) is 39.4 Å². The van der Waals surface area contributed by atoms with Gasteiger partial charge in [-0.3, -0.25) is 14.6 Å². The van der Waals surface area contributed by atoms with Gasteiger partial charge in [-0.05, 0) is 36.4 Å². The Hall–Kier alpha value is -2.45. The van der Waals surface area contributed by atoms with Crippen molar-refractivity contribution < 1.29 is 9.90 Å². The minimum atomic E-state index is -0.556. The molecule has 2 N–H and O–H groups in total. The predicted octanol–water partition coefficient (Wildman–Crippen LogP) is 2.82. The van der Waals surface area contributed by atoms with Gasteiger partial charge in [0.2, 0.25) is 0 Å². The van der Waals surface area contributed by atoms with E-state index in [0.717, 1.165) is 29.9 Å². The highest BCUT2D eigenvalue weighted by molar-refractivity contribution is 7.08. The number of fused-ring (bicyclic) bond motifs is 1. The normalized spacial score (nSPS) is 15.5. The van der Waals surface area contributed by atoms with Gasteiger partial charge in [0.05, 0.1) is 29.7 Å². The number of aromatic nitrogens is 4. The molecule has 4 rings (SSSR count). The van der Waals surface area contributed by atoms with Crippen LogP contribution in [0.5, 0.6) is 0 Å². The van der Waals surface area contributed by atoms with E-state index in [0.29, 0.717) is 30.9 Å². The summed E-state index contributed by atoms with van der Waals surface area (Å²) in [5.41, 5.74) is 3.92. The summed E-state index contributed by atoms with van der Waals surface area (Å²) in [5.74, 6) is -0.0637. The van der Waals surface area contributed by atoms with Gasteiger partial charge in [0.25, 0.3) is 5.91 Å². The van der Waals surface area contributed by atoms with E-state index < -0.39 is 6.10 Å². The molecule has 136 valence electrons. The smallest absolute Gasteiger partial charge is 0.272 e. The molecule has 1 aliphatic rings. The number of aliphatic hydroxyl groups excluding tert-OH is 1. The second-order valence-corrected chi connectivity index (χ2v) is 7.25. The van der Waals surface area contributed by atoms with Gasteiger partial charge in [-0.25, -0.2) is 0 Å². The molecule has 1 amide bonds. The van der Waals surface area contributed by atoms with Crippen molar-refractivity contribution >= 4 is 17.2 Å². The molecule has 0 bridgehead atoms. The molecular formula is C18H21N5O2S. The number of hydrogen-bond acceptors (Lipinski definition) is 5. The summed E-state index contributed by atoms with van der Waals surface area (Å²) in [4.78, 5) is 14.7. The average Bonchev–Trinajstić information content (AvgIpc) is 3.38. The van der Waals surface area contributed by atoms with Crippen LogP contribution in [0.1, 0.15) is 47.7 Å². The van der Waals surface area contributed by atoms with E-state index in [1.165, 1.54) is 0 Å². The van der Waals surface area contributed by atoms with Crippen molar-refractivity contribution in [2.45, 2.75) is 39.0 Å². The molecule has 4 heterocycles. The van der Waals surface area contributed by atoms with Crippen molar-refractivity contribution in [1.82, 2.24) is 24.9 Å². The average molecular weight is 371 g/mol. The number of aryl methyl sites for hydroxylation is 1. The molecule has 0 aromatic carbocycles. The summed E-state index contributed by atoms with van der Waals surface area (Å²) in [7, 11) is 0. The van der Waals surface area contributed by atoms with Crippen LogP contribution in [0.3, 0.4) is 0 Å². The Morgan fingerprint density at radius 1 is 1.42 bits per heavy atom. The number of H-pyrrole nitrogens is 1. The van der Waals surface area contributed by atoms with E-state index in [4.69, 9.17) is 0 Å². The van der Waals surface area contributed by atoms with Crippen molar-refractivity contribution in [2.75, 3.05) is 6.54 Å². The van der Waals surface area contributed by atoms with Crippen LogP contribution in [0.25, 0.3) is 11.3 Å². The van der Waals surface area contributed by atoms with E-state index >= 15 is 0 Å². The number of rotatable bonds is 4. The van der Waals surface area contributed by atoms with Crippen LogP contribution in [0.4, 0.5) is 0 Å². The SMILES string of the molecule is CC[C@H](O)c1cc2n(n1)CCCN(C(=O)c1cc(-c3ccsc3)n[nH]1)C2. The number of amides is 1. The zero-order valence-electron chi connectivity index (χ0n) is 14.6. The zero-order valence-corrected chi connectivity index (χ0v) is 15.4. The monoisotopic (exact) mass is 371 g/mol. The largest absolute Gasteiger partial charge is 0.387 e. The van der Waals surface area contributed by atoms with Gasteiger partial charge in [0.1, 0.15) is 5.69 Å². The topological polar surface area (TPSA) is 87.0 Å². The molecule has 0 unspecified atom stereocenters. The lowest BCUT2D eigenvalue weighted by Crippen LogP contribution is -2.31. The van der Waals surface area contributed by atoms with Gasteiger partial charge in [0.15, 0.2) is 0 Å². The summed E-state index contributed by atoms with van der Waals surface area (Å²) in [6.45, 7) is 3.82. The van der Waals surface area contributed by atoms with Crippen molar-refractivity contribution in [2.24, 2.45) is 0 Å². The molecule has 1 atom stereocenters. The number of thiophene rings is 1. The first-order valence-electron chi connectivity index (χ1n) is 8.77. The molecule has 0 saturated carbocycles. The van der Waals surface area contributed by atoms with Gasteiger partial charge in [-0.15, -0.1) is 0 Å². The number of hydrogen-bond donors (Lipinski definition) is 2. The maximum atomic E-state index is 12.9. The number of aliphatic hydroxyl groups is 1. The molecule has 26 heavy (non-hydrogen) atoms. The summed E-state index contributed by atoms with van der Waals surface area (Å²) in [6, 6.07) is 5.70. The first-order valence-corrected chi connectivity index (χ1v) is 9.72. The van der Waals surface area contributed by atoms with E-state index in [-0.39, 0.29) is 5.91 Å². The number of nitrogens with one attached hydrogen (secondary N) is 1. The van der Waals surface area contributed by atoms with Crippen molar-refractivity contribution in [3.8, 4) is 11.3 Å². The Balaban J connectivity index is 1.54. The number of nitrogens with zero attached hydrogens (tertiary/aromatic N) is 4. The van der Waals surface area contributed by atoms with Crippen LogP contribution in [-0.4, -0.2) is 42.4 Å². The maximum Gasteiger partial charge on any atom is 0.272 e. The van der Waals surface area contributed by atoms with Crippen LogP contribution < -0.4 is 0 Å².